The van der Waals surface area contributed by atoms with Crippen molar-refractivity contribution in [2.75, 3.05) is 0 Å². The molecule has 2 N–H and O–H groups in total. The number of Topliss-reactive ketones (excluding diaryl/α,β-unsaturated/α-hetero) is 1. The Bertz CT molecular complexity index is 1050. The maximum Gasteiger partial charge on any atom is 0.185 e. The highest BCUT2D eigenvalue weighted by Crippen LogP contribution is 2.40. The van der Waals surface area contributed by atoms with Gasteiger partial charge < -0.3 is 5.73 Å². The number of ketones is 1. The molecule has 1 aliphatic heterocycles. The molecule has 7 heteroatoms. The van der Waals surface area contributed by atoms with Crippen LogP contribution in [0.5, 0.6) is 0 Å². The summed E-state index contributed by atoms with van der Waals surface area (Å²) in [4.78, 5) is 22.1. The predicted molar refractivity (Wildman–Crippen MR) is 113 cm³/mol. The van der Waals surface area contributed by atoms with Gasteiger partial charge >= 0.3 is 0 Å². The summed E-state index contributed by atoms with van der Waals surface area (Å²) in [5, 5.41) is 9.23. The molecule has 0 saturated heterocycles. The van der Waals surface area contributed by atoms with Crippen molar-refractivity contribution in [2.24, 2.45) is 16.6 Å². The number of hydrogen-bond acceptors (Lipinski definition) is 6. The second kappa shape index (κ2) is 8.18. The van der Waals surface area contributed by atoms with Crippen LogP contribution in [0.15, 0.2) is 52.5 Å². The van der Waals surface area contributed by atoms with Gasteiger partial charge in [0.25, 0.3) is 0 Å². The fraction of sp³-hybridized carbons (Fsp3) is 0.273. The first-order chi connectivity index (χ1) is 13.7. The van der Waals surface area contributed by atoms with Crippen LogP contribution in [0, 0.1) is 23.1 Å². The van der Waals surface area contributed by atoms with Crippen molar-refractivity contribution in [3.05, 3.63) is 75.7 Å². The molecule has 0 spiro atoms. The van der Waals surface area contributed by atoms with E-state index in [9.17, 15) is 9.18 Å². The molecule has 1 atom stereocenters. The van der Waals surface area contributed by atoms with E-state index >= 15 is 0 Å². The second-order valence-electron chi connectivity index (χ2n) is 7.36. The number of aromatic nitrogens is 1. The van der Waals surface area contributed by atoms with Crippen LogP contribution in [0.25, 0.3) is 0 Å². The van der Waals surface area contributed by atoms with Gasteiger partial charge in [-0.1, -0.05) is 31.7 Å². The largest absolute Gasteiger partial charge is 0.378 e. The number of pyridine rings is 1. The molecule has 0 radical (unpaired) electrons. The molecule has 0 aliphatic carbocycles. The van der Waals surface area contributed by atoms with Gasteiger partial charge in [0.15, 0.2) is 11.0 Å². The van der Waals surface area contributed by atoms with Crippen LogP contribution < -0.4 is 5.73 Å². The van der Waals surface area contributed by atoms with E-state index in [1.165, 1.54) is 30.1 Å². The first-order valence-corrected chi connectivity index (χ1v) is 9.97. The Kier molecular flexibility index (Phi) is 5.85. The zero-order valence-corrected chi connectivity index (χ0v) is 17.3. The van der Waals surface area contributed by atoms with Crippen LogP contribution in [-0.2, 0) is 12.0 Å². The van der Waals surface area contributed by atoms with Gasteiger partial charge in [-0.15, -0.1) is 0 Å². The molecule has 29 heavy (non-hydrogen) atoms. The number of nitrogens with zero attached hydrogens (tertiary/aromatic N) is 3. The molecule has 0 amide bonds. The van der Waals surface area contributed by atoms with Crippen molar-refractivity contribution >= 4 is 22.7 Å². The Morgan fingerprint density at radius 1 is 1.34 bits per heavy atom. The zero-order chi connectivity index (χ0) is 21.2. The number of rotatable bonds is 5. The van der Waals surface area contributed by atoms with E-state index in [1.54, 1.807) is 18.2 Å². The summed E-state index contributed by atoms with van der Waals surface area (Å²) in [5.74, 6) is -0.371. The third kappa shape index (κ3) is 4.54. The number of halogens is 1. The molecule has 5 nitrogen and oxygen atoms in total. The van der Waals surface area contributed by atoms with Crippen LogP contribution in [0.4, 0.5) is 4.39 Å². The summed E-state index contributed by atoms with van der Waals surface area (Å²) in [7, 11) is 0. The number of allylic oxidation sites excluding steroid dienone is 1. The van der Waals surface area contributed by atoms with Crippen LogP contribution >= 0.6 is 11.8 Å². The highest BCUT2D eigenvalue weighted by Gasteiger charge is 2.32. The minimum absolute atomic E-state index is 0.0664. The van der Waals surface area contributed by atoms with Gasteiger partial charge in [-0.05, 0) is 53.7 Å². The molecule has 0 fully saturated rings. The number of nitrogens with two attached hydrogens (primary N) is 1. The van der Waals surface area contributed by atoms with Crippen LogP contribution in [-0.4, -0.2) is 15.9 Å². The summed E-state index contributed by atoms with van der Waals surface area (Å²) in [5.41, 5.74) is 6.75. The number of carbonyl (C=O) groups excluding carboxylic acids is 1. The molecule has 1 aliphatic rings. The Balaban J connectivity index is 1.92. The first-order valence-electron chi connectivity index (χ1n) is 9.16. The molecular formula is C22H21FN4OS. The lowest BCUT2D eigenvalue weighted by atomic mass is 9.88. The molecule has 148 valence electrons. The summed E-state index contributed by atoms with van der Waals surface area (Å²) < 4.78 is 14.7. The van der Waals surface area contributed by atoms with Crippen molar-refractivity contribution < 1.29 is 9.18 Å². The maximum atomic E-state index is 14.7. The average Bonchev–Trinajstić information content (AvgIpc) is 2.68. The minimum atomic E-state index is -0.940. The van der Waals surface area contributed by atoms with Crippen molar-refractivity contribution in [2.45, 2.75) is 32.7 Å². The van der Waals surface area contributed by atoms with E-state index in [0.29, 0.717) is 21.9 Å². The molecule has 0 bridgehead atoms. The predicted octanol–water partition coefficient (Wildman–Crippen LogP) is 4.33. The van der Waals surface area contributed by atoms with Gasteiger partial charge in [0, 0.05) is 18.2 Å². The van der Waals surface area contributed by atoms with Gasteiger partial charge in [-0.25, -0.2) is 9.38 Å². The number of carbonyl (C=O) groups is 1. The Hall–Kier alpha value is -2.98. The molecule has 1 aromatic heterocycles. The third-order valence-corrected chi connectivity index (χ3v) is 5.80. The number of aliphatic imine (C=N–C) groups is 1. The van der Waals surface area contributed by atoms with E-state index in [4.69, 9.17) is 11.0 Å². The SMILES string of the molecule is CC(C)C1=C[C@@](C)(c2cc(CC(=O)c3ccc(C#N)cn3)ccc2F)N=C(N)S1. The van der Waals surface area contributed by atoms with Crippen LogP contribution in [0.1, 0.15) is 48.0 Å². The molecule has 0 saturated carbocycles. The highest BCUT2D eigenvalue weighted by atomic mass is 32.2. The lowest BCUT2D eigenvalue weighted by Gasteiger charge is -2.29. The Morgan fingerprint density at radius 2 is 2.10 bits per heavy atom. The van der Waals surface area contributed by atoms with Gasteiger partial charge in [0.1, 0.15) is 23.1 Å². The van der Waals surface area contributed by atoms with Crippen molar-refractivity contribution in [1.29, 1.82) is 5.26 Å². The normalized spacial score (nSPS) is 18.8. The van der Waals surface area contributed by atoms with E-state index in [2.05, 4.69) is 9.98 Å². The standard InChI is InChI=1S/C22H21FN4OS/c1-13(2)20-10-22(3,27-21(25)29-20)16-8-14(4-6-17(16)23)9-19(28)18-7-5-15(11-24)12-26-18/h4-8,10,12-13H,9H2,1-3H3,(H2,25,27)/t22-/m0/s1. The molecule has 3 rings (SSSR count). The van der Waals surface area contributed by atoms with E-state index in [-0.39, 0.29) is 23.8 Å². The Morgan fingerprint density at radius 3 is 2.72 bits per heavy atom. The van der Waals surface area contributed by atoms with E-state index < -0.39 is 11.4 Å². The smallest absolute Gasteiger partial charge is 0.185 e. The number of amidine groups is 1. The van der Waals surface area contributed by atoms with Crippen molar-refractivity contribution in [1.82, 2.24) is 4.98 Å². The summed E-state index contributed by atoms with van der Waals surface area (Å²) >= 11 is 1.39. The van der Waals surface area contributed by atoms with Crippen LogP contribution in [0.2, 0.25) is 0 Å². The molecule has 2 heterocycles. The van der Waals surface area contributed by atoms with E-state index in [1.807, 2.05) is 32.9 Å². The third-order valence-electron chi connectivity index (χ3n) is 4.68. The molecule has 2 aromatic rings. The second-order valence-corrected chi connectivity index (χ2v) is 8.45. The zero-order valence-electron chi connectivity index (χ0n) is 16.4. The quantitative estimate of drug-likeness (QED) is 0.743. The minimum Gasteiger partial charge on any atom is -0.378 e. The number of thioether (sulfide) groups is 1. The fourth-order valence-corrected chi connectivity index (χ4v) is 4.11. The number of hydrogen-bond donors (Lipinski definition) is 1. The molecular weight excluding hydrogens is 387 g/mol. The van der Waals surface area contributed by atoms with Crippen molar-refractivity contribution in [3.63, 3.8) is 0 Å². The van der Waals surface area contributed by atoms with Gasteiger partial charge in [-0.2, -0.15) is 5.26 Å². The Labute approximate surface area is 173 Å². The monoisotopic (exact) mass is 408 g/mol. The van der Waals surface area contributed by atoms with Crippen LogP contribution in [0.3, 0.4) is 0 Å². The summed E-state index contributed by atoms with van der Waals surface area (Å²) in [6.45, 7) is 5.91. The maximum absolute atomic E-state index is 14.7. The first kappa shape index (κ1) is 20.7. The molecule has 0 unspecified atom stereocenters. The summed E-state index contributed by atoms with van der Waals surface area (Å²) in [6, 6.07) is 9.64. The van der Waals surface area contributed by atoms with Gasteiger partial charge in [-0.3, -0.25) is 9.78 Å². The fourth-order valence-electron chi connectivity index (χ4n) is 3.10. The highest BCUT2D eigenvalue weighted by molar-refractivity contribution is 8.17. The van der Waals surface area contributed by atoms with Gasteiger partial charge in [0.05, 0.1) is 5.56 Å². The number of benzene rings is 1. The topological polar surface area (TPSA) is 92.1 Å². The van der Waals surface area contributed by atoms with Crippen molar-refractivity contribution in [3.8, 4) is 6.07 Å². The number of nitriles is 1. The lowest BCUT2D eigenvalue weighted by molar-refractivity contribution is 0.0988. The van der Waals surface area contributed by atoms with Gasteiger partial charge in [0.2, 0.25) is 0 Å². The van der Waals surface area contributed by atoms with E-state index in [0.717, 1.165) is 4.91 Å². The lowest BCUT2D eigenvalue weighted by Crippen LogP contribution is -2.27. The summed E-state index contributed by atoms with van der Waals surface area (Å²) in [6.07, 6.45) is 3.36. The average molecular weight is 409 g/mol. The molecule has 1 aromatic carbocycles.